The minimum Gasteiger partial charge on any atom is -0.396 e. The van der Waals surface area contributed by atoms with Crippen LogP contribution in [0.25, 0.3) is 0 Å². The fraction of sp³-hybridized carbons (Fsp3) is 0.923. The van der Waals surface area contributed by atoms with Crippen molar-refractivity contribution < 1.29 is 9.90 Å². The average molecular weight is 242 g/mol. The van der Waals surface area contributed by atoms with Crippen LogP contribution in [0.2, 0.25) is 0 Å². The van der Waals surface area contributed by atoms with Crippen LogP contribution in [0.5, 0.6) is 0 Å². The Kier molecular flexibility index (Phi) is 5.40. The lowest BCUT2D eigenvalue weighted by Crippen LogP contribution is -2.47. The van der Waals surface area contributed by atoms with E-state index in [1.165, 1.54) is 0 Å². The molecule has 0 heterocycles. The lowest BCUT2D eigenvalue weighted by Gasteiger charge is -2.27. The molecule has 0 bridgehead atoms. The van der Waals surface area contributed by atoms with Gasteiger partial charge in [-0.3, -0.25) is 4.79 Å². The number of carbonyl (C=O) groups excluding carboxylic acids is 1. The molecule has 1 aliphatic rings. The molecule has 3 unspecified atom stereocenters. The Morgan fingerprint density at radius 1 is 1.65 bits per heavy atom. The first kappa shape index (κ1) is 14.5. The molecule has 1 fully saturated rings. The molecule has 1 amide bonds. The van der Waals surface area contributed by atoms with Crippen LogP contribution in [0.4, 0.5) is 0 Å². The van der Waals surface area contributed by atoms with Crippen molar-refractivity contribution in [2.45, 2.75) is 52.0 Å². The molecule has 100 valence electrons. The monoisotopic (exact) mass is 242 g/mol. The van der Waals surface area contributed by atoms with Crippen molar-refractivity contribution in [2.75, 3.05) is 13.2 Å². The zero-order valence-corrected chi connectivity index (χ0v) is 11.0. The van der Waals surface area contributed by atoms with E-state index in [1.807, 2.05) is 13.8 Å². The number of hydrogen-bond donors (Lipinski definition) is 3. The molecule has 0 radical (unpaired) electrons. The molecular formula is C13H26N2O2. The van der Waals surface area contributed by atoms with Crippen LogP contribution in [0.1, 0.15) is 46.0 Å². The number of aliphatic hydroxyl groups is 1. The van der Waals surface area contributed by atoms with Gasteiger partial charge in [-0.05, 0) is 38.5 Å². The van der Waals surface area contributed by atoms with Crippen molar-refractivity contribution >= 4 is 5.91 Å². The van der Waals surface area contributed by atoms with Crippen molar-refractivity contribution in [1.82, 2.24) is 5.32 Å². The van der Waals surface area contributed by atoms with E-state index in [0.717, 1.165) is 32.1 Å². The van der Waals surface area contributed by atoms with Gasteiger partial charge in [-0.1, -0.05) is 13.3 Å². The number of nitrogens with two attached hydrogens (primary N) is 1. The highest BCUT2D eigenvalue weighted by Gasteiger charge is 2.42. The summed E-state index contributed by atoms with van der Waals surface area (Å²) < 4.78 is 0. The van der Waals surface area contributed by atoms with Crippen LogP contribution in [0.15, 0.2) is 0 Å². The standard InChI is InChI=1S/C13H26N2O2/c1-10(9-16)5-4-8-15-12(17)13(2)7-3-6-11(13)14/h10-11,16H,3-9,14H2,1-2H3,(H,15,17). The van der Waals surface area contributed by atoms with Gasteiger partial charge in [0.15, 0.2) is 0 Å². The zero-order chi connectivity index (χ0) is 12.9. The molecule has 0 aliphatic heterocycles. The first-order valence-electron chi connectivity index (χ1n) is 6.65. The second-order valence-corrected chi connectivity index (χ2v) is 5.60. The lowest BCUT2D eigenvalue weighted by atomic mass is 9.84. The molecule has 1 aliphatic carbocycles. The fourth-order valence-corrected chi connectivity index (χ4v) is 2.42. The molecular weight excluding hydrogens is 216 g/mol. The van der Waals surface area contributed by atoms with Crippen LogP contribution in [-0.4, -0.2) is 30.2 Å². The molecule has 3 atom stereocenters. The SMILES string of the molecule is CC(CO)CCCNC(=O)C1(C)CCCC1N. The maximum atomic E-state index is 12.1. The summed E-state index contributed by atoms with van der Waals surface area (Å²) in [6, 6.07) is -0.00105. The third-order valence-corrected chi connectivity index (χ3v) is 4.02. The molecule has 1 saturated carbocycles. The zero-order valence-electron chi connectivity index (χ0n) is 11.0. The first-order valence-corrected chi connectivity index (χ1v) is 6.65. The highest BCUT2D eigenvalue weighted by molar-refractivity contribution is 5.83. The van der Waals surface area contributed by atoms with Crippen LogP contribution >= 0.6 is 0 Å². The number of nitrogens with one attached hydrogen (secondary N) is 1. The van der Waals surface area contributed by atoms with E-state index in [-0.39, 0.29) is 24.0 Å². The smallest absolute Gasteiger partial charge is 0.227 e. The maximum Gasteiger partial charge on any atom is 0.227 e. The quantitative estimate of drug-likeness (QED) is 0.609. The Morgan fingerprint density at radius 2 is 2.35 bits per heavy atom. The van der Waals surface area contributed by atoms with Gasteiger partial charge in [0.2, 0.25) is 5.91 Å². The van der Waals surface area contributed by atoms with Gasteiger partial charge in [-0.15, -0.1) is 0 Å². The number of amides is 1. The minimum atomic E-state index is -0.372. The third-order valence-electron chi connectivity index (χ3n) is 4.02. The van der Waals surface area contributed by atoms with Crippen molar-refractivity contribution in [2.24, 2.45) is 17.1 Å². The number of hydrogen-bond acceptors (Lipinski definition) is 3. The van der Waals surface area contributed by atoms with E-state index < -0.39 is 0 Å². The van der Waals surface area contributed by atoms with Crippen LogP contribution in [-0.2, 0) is 4.79 Å². The molecule has 0 aromatic rings. The second kappa shape index (κ2) is 6.36. The highest BCUT2D eigenvalue weighted by Crippen LogP contribution is 2.36. The highest BCUT2D eigenvalue weighted by atomic mass is 16.3. The Bertz CT molecular complexity index is 258. The molecule has 4 heteroatoms. The summed E-state index contributed by atoms with van der Waals surface area (Å²) >= 11 is 0. The van der Waals surface area contributed by atoms with E-state index in [4.69, 9.17) is 10.8 Å². The van der Waals surface area contributed by atoms with Crippen LogP contribution in [0, 0.1) is 11.3 Å². The van der Waals surface area contributed by atoms with E-state index in [2.05, 4.69) is 5.32 Å². The summed E-state index contributed by atoms with van der Waals surface area (Å²) in [5.74, 6) is 0.412. The Hall–Kier alpha value is -0.610. The largest absolute Gasteiger partial charge is 0.396 e. The summed E-state index contributed by atoms with van der Waals surface area (Å²) in [7, 11) is 0. The summed E-state index contributed by atoms with van der Waals surface area (Å²) in [5.41, 5.74) is 5.62. The third kappa shape index (κ3) is 3.68. The Balaban J connectivity index is 2.25. The summed E-state index contributed by atoms with van der Waals surface area (Å²) in [4.78, 5) is 12.1. The van der Waals surface area contributed by atoms with E-state index in [1.54, 1.807) is 0 Å². The molecule has 1 rings (SSSR count). The molecule has 4 N–H and O–H groups in total. The van der Waals surface area contributed by atoms with Gasteiger partial charge in [-0.25, -0.2) is 0 Å². The molecule has 0 spiro atoms. The van der Waals surface area contributed by atoms with Crippen LogP contribution in [0.3, 0.4) is 0 Å². The fourth-order valence-electron chi connectivity index (χ4n) is 2.42. The first-order chi connectivity index (χ1) is 8.00. The predicted octanol–water partition coefficient (Wildman–Crippen LogP) is 1.03. The van der Waals surface area contributed by atoms with Crippen LogP contribution < -0.4 is 11.1 Å². The predicted molar refractivity (Wildman–Crippen MR) is 68.4 cm³/mol. The average Bonchev–Trinajstić information content (AvgIpc) is 2.65. The van der Waals surface area contributed by atoms with Gasteiger partial charge in [0, 0.05) is 19.2 Å². The molecule has 17 heavy (non-hydrogen) atoms. The summed E-state index contributed by atoms with van der Waals surface area (Å²) in [5, 5.41) is 11.9. The van der Waals surface area contributed by atoms with Gasteiger partial charge in [0.25, 0.3) is 0 Å². The summed E-state index contributed by atoms with van der Waals surface area (Å²) in [6.45, 7) is 4.88. The normalized spacial score (nSPS) is 30.2. The number of aliphatic hydroxyl groups excluding tert-OH is 1. The van der Waals surface area contributed by atoms with E-state index >= 15 is 0 Å². The molecule has 0 aromatic carbocycles. The lowest BCUT2D eigenvalue weighted by molar-refractivity contribution is -0.130. The molecule has 0 saturated heterocycles. The van der Waals surface area contributed by atoms with Crippen molar-refractivity contribution in [3.05, 3.63) is 0 Å². The Labute approximate surface area is 104 Å². The van der Waals surface area contributed by atoms with Crippen molar-refractivity contribution in [3.63, 3.8) is 0 Å². The Morgan fingerprint density at radius 3 is 2.88 bits per heavy atom. The van der Waals surface area contributed by atoms with Gasteiger partial charge >= 0.3 is 0 Å². The van der Waals surface area contributed by atoms with Gasteiger partial charge < -0.3 is 16.2 Å². The van der Waals surface area contributed by atoms with Gasteiger partial charge in [0.05, 0.1) is 5.41 Å². The van der Waals surface area contributed by atoms with E-state index in [0.29, 0.717) is 12.5 Å². The van der Waals surface area contributed by atoms with Crippen molar-refractivity contribution in [1.29, 1.82) is 0 Å². The minimum absolute atomic E-state index is 0.00105. The maximum absolute atomic E-state index is 12.1. The topological polar surface area (TPSA) is 75.3 Å². The molecule has 4 nitrogen and oxygen atoms in total. The van der Waals surface area contributed by atoms with Gasteiger partial charge in [0.1, 0.15) is 0 Å². The van der Waals surface area contributed by atoms with Crippen molar-refractivity contribution in [3.8, 4) is 0 Å². The molecule has 0 aromatic heterocycles. The number of carbonyl (C=O) groups is 1. The van der Waals surface area contributed by atoms with E-state index in [9.17, 15) is 4.79 Å². The second-order valence-electron chi connectivity index (χ2n) is 5.60. The number of rotatable bonds is 6. The summed E-state index contributed by atoms with van der Waals surface area (Å²) in [6.07, 6.45) is 4.75. The van der Waals surface area contributed by atoms with Gasteiger partial charge in [-0.2, -0.15) is 0 Å².